The summed E-state index contributed by atoms with van der Waals surface area (Å²) < 4.78 is 37.9. The number of fused-ring (bicyclic) bond motifs is 1. The first-order valence-electron chi connectivity index (χ1n) is 10.3. The second kappa shape index (κ2) is 10.5. The van der Waals surface area contributed by atoms with Crippen molar-refractivity contribution in [2.75, 3.05) is 18.8 Å². The number of carbonyl (C=O) groups excluding carboxylic acids is 3. The molecule has 9 nitrogen and oxygen atoms in total. The Morgan fingerprint density at radius 1 is 1.22 bits per heavy atom. The van der Waals surface area contributed by atoms with Gasteiger partial charge in [-0.05, 0) is 45.2 Å². The summed E-state index contributed by atoms with van der Waals surface area (Å²) in [7, 11) is -4.44. The number of ether oxygens (including phenoxy) is 2. The van der Waals surface area contributed by atoms with Gasteiger partial charge in [0.1, 0.15) is 26.9 Å². The van der Waals surface area contributed by atoms with Crippen molar-refractivity contribution < 1.29 is 42.0 Å². The molecule has 176 valence electrons. The smallest absolute Gasteiger partial charge is 0.526 e. The molecule has 1 aliphatic rings. The molecule has 1 aliphatic heterocycles. The number of ketones is 1. The molecule has 0 aromatic heterocycles. The van der Waals surface area contributed by atoms with Gasteiger partial charge in [-0.25, -0.2) is 13.2 Å². The molecule has 1 N–H and O–H groups in total. The van der Waals surface area contributed by atoms with Crippen molar-refractivity contribution in [3.05, 3.63) is 29.3 Å². The van der Waals surface area contributed by atoms with Gasteiger partial charge in [0, 0.05) is 24.9 Å². The van der Waals surface area contributed by atoms with E-state index in [2.05, 4.69) is 0 Å². The minimum absolute atomic E-state index is 0.0296. The molecule has 0 saturated carbocycles. The van der Waals surface area contributed by atoms with Crippen LogP contribution in [0.3, 0.4) is 0 Å². The Balaban J connectivity index is 1.98. The molecular formula is C21H29BO9S. The molecule has 1 aromatic rings. The number of esters is 2. The van der Waals surface area contributed by atoms with Crippen molar-refractivity contribution >= 4 is 34.7 Å². The highest BCUT2D eigenvalue weighted by Crippen LogP contribution is 2.36. The maximum absolute atomic E-state index is 12.4. The normalized spacial score (nSPS) is 16.0. The third kappa shape index (κ3) is 7.63. The molecule has 2 rings (SSSR count). The molecule has 0 radical (unpaired) electrons. The van der Waals surface area contributed by atoms with E-state index in [4.69, 9.17) is 14.1 Å². The number of hydrogen-bond acceptors (Lipinski definition) is 9. The van der Waals surface area contributed by atoms with Gasteiger partial charge in [0.05, 0.1) is 11.2 Å². The van der Waals surface area contributed by atoms with Gasteiger partial charge in [-0.3, -0.25) is 9.59 Å². The Kier molecular flexibility index (Phi) is 8.47. The molecule has 1 heterocycles. The lowest BCUT2D eigenvalue weighted by Crippen LogP contribution is -2.36. The zero-order valence-corrected chi connectivity index (χ0v) is 19.6. The van der Waals surface area contributed by atoms with E-state index in [1.54, 1.807) is 32.9 Å². The summed E-state index contributed by atoms with van der Waals surface area (Å²) in [5.41, 5.74) is -0.0281. The number of Topliss-reactive ketones (excluding diaryl/α,β-unsaturated/α-hetero) is 1. The van der Waals surface area contributed by atoms with Gasteiger partial charge >= 0.3 is 19.1 Å². The van der Waals surface area contributed by atoms with Crippen molar-refractivity contribution in [1.82, 2.24) is 0 Å². The van der Waals surface area contributed by atoms with Crippen molar-refractivity contribution in [2.45, 2.75) is 52.3 Å². The van der Waals surface area contributed by atoms with Crippen molar-refractivity contribution in [2.24, 2.45) is 5.41 Å². The molecule has 11 heteroatoms. The fraction of sp³-hybridized carbons (Fsp3) is 0.571. The monoisotopic (exact) mass is 468 g/mol. The summed E-state index contributed by atoms with van der Waals surface area (Å²) in [6.07, 6.45) is 1.77. The molecule has 0 spiro atoms. The van der Waals surface area contributed by atoms with Gasteiger partial charge in [-0.15, -0.1) is 0 Å². The Bertz CT molecular complexity index is 966. The fourth-order valence-electron chi connectivity index (χ4n) is 3.18. The number of rotatable bonds is 9. The fourth-order valence-corrected chi connectivity index (χ4v) is 3.84. The highest BCUT2D eigenvalue weighted by atomic mass is 32.2. The van der Waals surface area contributed by atoms with Crippen LogP contribution in [0.1, 0.15) is 56.0 Å². The van der Waals surface area contributed by atoms with Gasteiger partial charge in [0.15, 0.2) is 0 Å². The summed E-state index contributed by atoms with van der Waals surface area (Å²) in [4.78, 5) is 36.4. The predicted octanol–water partition coefficient (Wildman–Crippen LogP) is 1.96. The third-order valence-electron chi connectivity index (χ3n) is 4.89. The van der Waals surface area contributed by atoms with Crippen molar-refractivity contribution in [1.29, 1.82) is 0 Å². The van der Waals surface area contributed by atoms with E-state index >= 15 is 0 Å². The largest absolute Gasteiger partial charge is 0.535 e. The Morgan fingerprint density at radius 3 is 2.53 bits per heavy atom. The number of hydrogen-bond donors (Lipinski definition) is 1. The van der Waals surface area contributed by atoms with Gasteiger partial charge in [0.2, 0.25) is 6.79 Å². The lowest BCUT2D eigenvalue weighted by atomic mass is 9.64. The highest BCUT2D eigenvalue weighted by molar-refractivity contribution is 7.90. The number of carbonyl (C=O) groups is 3. The average molecular weight is 468 g/mol. The molecule has 0 saturated heterocycles. The zero-order chi connectivity index (χ0) is 24.1. The van der Waals surface area contributed by atoms with Crippen LogP contribution in [-0.4, -0.2) is 57.1 Å². The SMILES string of the molecule is CC(C)(C)C(=O)OCOC(=O)c1cccc2c1OB(O)[C@@H](CC(=O)CCCS(C)(=O)=O)C2. The van der Waals surface area contributed by atoms with Gasteiger partial charge < -0.3 is 19.2 Å². The van der Waals surface area contributed by atoms with Crippen LogP contribution in [0.25, 0.3) is 0 Å². The second-order valence-corrected chi connectivity index (χ2v) is 11.2. The summed E-state index contributed by atoms with van der Waals surface area (Å²) >= 11 is 0. The van der Waals surface area contributed by atoms with E-state index in [0.29, 0.717) is 12.0 Å². The summed E-state index contributed by atoms with van der Waals surface area (Å²) in [6.45, 7) is 4.47. The average Bonchev–Trinajstić information content (AvgIpc) is 2.66. The molecule has 0 unspecified atom stereocenters. The van der Waals surface area contributed by atoms with E-state index in [9.17, 15) is 27.8 Å². The Morgan fingerprint density at radius 2 is 1.91 bits per heavy atom. The maximum Gasteiger partial charge on any atom is 0.526 e. The van der Waals surface area contributed by atoms with Gasteiger partial charge in [-0.1, -0.05) is 12.1 Å². The number of sulfone groups is 1. The van der Waals surface area contributed by atoms with E-state index in [1.165, 1.54) is 6.07 Å². The van der Waals surface area contributed by atoms with E-state index in [-0.39, 0.29) is 42.1 Å². The lowest BCUT2D eigenvalue weighted by Gasteiger charge is -2.28. The number of para-hydroxylation sites is 1. The van der Waals surface area contributed by atoms with Crippen molar-refractivity contribution in [3.63, 3.8) is 0 Å². The van der Waals surface area contributed by atoms with Crippen LogP contribution >= 0.6 is 0 Å². The molecule has 1 atom stereocenters. The standard InChI is InChI=1S/C21H29BO9S/c1-21(2,3)20(25)30-13-29-19(24)17-9-5-7-14-11-15(22(26)31-18(14)17)12-16(23)8-6-10-32(4,27)28/h5,7,9,15,26H,6,8,10-13H2,1-4H3/t15-/m1/s1. The Hall–Kier alpha value is -2.40. The summed E-state index contributed by atoms with van der Waals surface area (Å²) in [6, 6.07) is 4.82. The molecule has 32 heavy (non-hydrogen) atoms. The molecule has 0 fully saturated rings. The Labute approximate surface area is 188 Å². The molecule has 0 amide bonds. The van der Waals surface area contributed by atoms with E-state index in [0.717, 1.165) is 6.26 Å². The zero-order valence-electron chi connectivity index (χ0n) is 18.8. The maximum atomic E-state index is 12.4. The van der Waals surface area contributed by atoms with E-state index < -0.39 is 46.9 Å². The second-order valence-electron chi connectivity index (χ2n) is 8.97. The van der Waals surface area contributed by atoms with Crippen LogP contribution in [0.4, 0.5) is 0 Å². The van der Waals surface area contributed by atoms with Crippen LogP contribution in [-0.2, 0) is 35.3 Å². The quantitative estimate of drug-likeness (QED) is 0.328. The first-order chi connectivity index (χ1) is 14.8. The highest BCUT2D eigenvalue weighted by Gasteiger charge is 2.38. The van der Waals surface area contributed by atoms with Crippen LogP contribution in [0, 0.1) is 5.41 Å². The number of benzene rings is 1. The molecule has 0 bridgehead atoms. The minimum atomic E-state index is -3.13. The lowest BCUT2D eigenvalue weighted by molar-refractivity contribution is -0.161. The first-order valence-corrected chi connectivity index (χ1v) is 12.3. The molecule has 0 aliphatic carbocycles. The first kappa shape index (κ1) is 25.9. The van der Waals surface area contributed by atoms with Crippen LogP contribution in [0.5, 0.6) is 5.75 Å². The topological polar surface area (TPSA) is 133 Å². The molecule has 1 aromatic carbocycles. The van der Waals surface area contributed by atoms with Crippen LogP contribution in [0.2, 0.25) is 5.82 Å². The minimum Gasteiger partial charge on any atom is -0.535 e. The summed E-state index contributed by atoms with van der Waals surface area (Å²) in [5.74, 6) is -1.88. The van der Waals surface area contributed by atoms with Gasteiger partial charge in [0.25, 0.3) is 0 Å². The van der Waals surface area contributed by atoms with Crippen LogP contribution < -0.4 is 4.65 Å². The summed E-state index contributed by atoms with van der Waals surface area (Å²) in [5, 5.41) is 10.4. The van der Waals surface area contributed by atoms with Crippen LogP contribution in [0.15, 0.2) is 18.2 Å². The third-order valence-corrected chi connectivity index (χ3v) is 5.92. The van der Waals surface area contributed by atoms with E-state index in [1.807, 2.05) is 0 Å². The predicted molar refractivity (Wildman–Crippen MR) is 117 cm³/mol. The molecular weight excluding hydrogens is 439 g/mol. The van der Waals surface area contributed by atoms with Gasteiger partial charge in [-0.2, -0.15) is 0 Å². The van der Waals surface area contributed by atoms with Crippen molar-refractivity contribution in [3.8, 4) is 5.75 Å².